The average molecular weight is 437 g/mol. The van der Waals surface area contributed by atoms with Crippen molar-refractivity contribution < 1.29 is 19.1 Å². The van der Waals surface area contributed by atoms with Crippen LogP contribution in [-0.2, 0) is 4.79 Å². The Balaban J connectivity index is 1.42. The Morgan fingerprint density at radius 1 is 1.06 bits per heavy atom. The van der Waals surface area contributed by atoms with E-state index in [1.807, 2.05) is 29.6 Å². The second-order valence-electron chi connectivity index (χ2n) is 6.90. The number of esters is 1. The number of amides is 1. The summed E-state index contributed by atoms with van der Waals surface area (Å²) in [5.41, 5.74) is 4.42. The molecule has 0 aliphatic carbocycles. The van der Waals surface area contributed by atoms with Crippen molar-refractivity contribution in [3.05, 3.63) is 82.0 Å². The summed E-state index contributed by atoms with van der Waals surface area (Å²) >= 11 is 1.33. The highest BCUT2D eigenvalue weighted by molar-refractivity contribution is 7.12. The summed E-state index contributed by atoms with van der Waals surface area (Å²) < 4.78 is 10.8. The van der Waals surface area contributed by atoms with Crippen molar-refractivity contribution >= 4 is 29.4 Å². The van der Waals surface area contributed by atoms with Crippen LogP contribution >= 0.6 is 11.3 Å². The number of nitrogens with zero attached hydrogens (tertiary/aromatic N) is 1. The zero-order valence-corrected chi connectivity index (χ0v) is 18.2. The molecule has 0 fully saturated rings. The van der Waals surface area contributed by atoms with Crippen LogP contribution in [0.15, 0.2) is 71.1 Å². The molecule has 3 rings (SSSR count). The number of rotatable bonds is 9. The van der Waals surface area contributed by atoms with Crippen LogP contribution in [0.3, 0.4) is 0 Å². The van der Waals surface area contributed by atoms with Crippen LogP contribution in [-0.4, -0.2) is 24.7 Å². The highest BCUT2D eigenvalue weighted by Gasteiger charge is 2.09. The molecule has 0 aliphatic rings. The largest absolute Gasteiger partial charge is 0.484 e. The van der Waals surface area contributed by atoms with Crippen LogP contribution in [0.1, 0.15) is 47.0 Å². The molecule has 0 radical (unpaired) electrons. The van der Waals surface area contributed by atoms with Gasteiger partial charge in [-0.2, -0.15) is 5.10 Å². The Morgan fingerprint density at radius 2 is 1.77 bits per heavy atom. The molecule has 7 heteroatoms. The molecular weight excluding hydrogens is 412 g/mol. The van der Waals surface area contributed by atoms with E-state index in [2.05, 4.69) is 24.4 Å². The van der Waals surface area contributed by atoms with Gasteiger partial charge in [-0.05, 0) is 71.3 Å². The second-order valence-corrected chi connectivity index (χ2v) is 7.84. The predicted octanol–water partition coefficient (Wildman–Crippen LogP) is 5.01. The van der Waals surface area contributed by atoms with Gasteiger partial charge in [0, 0.05) is 0 Å². The summed E-state index contributed by atoms with van der Waals surface area (Å²) in [6, 6.07) is 18.1. The molecule has 0 bridgehead atoms. The first kappa shape index (κ1) is 22.2. The summed E-state index contributed by atoms with van der Waals surface area (Å²) in [6.45, 7) is 4.19. The number of hydrogen-bond donors (Lipinski definition) is 1. The third-order valence-electron chi connectivity index (χ3n) is 4.65. The van der Waals surface area contributed by atoms with Crippen molar-refractivity contribution in [3.63, 3.8) is 0 Å². The fourth-order valence-electron chi connectivity index (χ4n) is 2.66. The highest BCUT2D eigenvalue weighted by Crippen LogP contribution is 2.21. The number of carbonyl (C=O) groups excluding carboxylic acids is 2. The molecule has 1 unspecified atom stereocenters. The van der Waals surface area contributed by atoms with Crippen LogP contribution in [0.25, 0.3) is 0 Å². The monoisotopic (exact) mass is 436 g/mol. The molecule has 6 nitrogen and oxygen atoms in total. The Labute approximate surface area is 185 Å². The van der Waals surface area contributed by atoms with Crippen LogP contribution in [0.2, 0.25) is 0 Å². The molecule has 0 aliphatic heterocycles. The van der Waals surface area contributed by atoms with Gasteiger partial charge in [0.2, 0.25) is 0 Å². The Morgan fingerprint density at radius 3 is 2.42 bits per heavy atom. The lowest BCUT2D eigenvalue weighted by Gasteiger charge is -2.10. The van der Waals surface area contributed by atoms with Crippen molar-refractivity contribution in [2.24, 2.45) is 5.10 Å². The first-order valence-electron chi connectivity index (χ1n) is 9.95. The van der Waals surface area contributed by atoms with Gasteiger partial charge in [0.1, 0.15) is 16.4 Å². The topological polar surface area (TPSA) is 77.0 Å². The molecule has 0 saturated carbocycles. The van der Waals surface area contributed by atoms with Gasteiger partial charge < -0.3 is 9.47 Å². The number of thiophene rings is 1. The minimum atomic E-state index is -0.391. The Bertz CT molecular complexity index is 1010. The average Bonchev–Trinajstić information content (AvgIpc) is 3.34. The number of ether oxygens (including phenoxy) is 2. The smallest absolute Gasteiger partial charge is 0.353 e. The van der Waals surface area contributed by atoms with Crippen molar-refractivity contribution in [1.29, 1.82) is 0 Å². The zero-order valence-electron chi connectivity index (χ0n) is 17.4. The van der Waals surface area contributed by atoms with E-state index in [1.54, 1.807) is 36.4 Å². The van der Waals surface area contributed by atoms with Gasteiger partial charge >= 0.3 is 5.97 Å². The van der Waals surface area contributed by atoms with E-state index >= 15 is 0 Å². The summed E-state index contributed by atoms with van der Waals surface area (Å²) in [6.07, 6.45) is 2.58. The molecule has 2 aromatic carbocycles. The summed E-state index contributed by atoms with van der Waals surface area (Å²) in [7, 11) is 0. The highest BCUT2D eigenvalue weighted by atomic mass is 32.1. The lowest BCUT2D eigenvalue weighted by Crippen LogP contribution is -2.24. The lowest BCUT2D eigenvalue weighted by atomic mass is 9.99. The van der Waals surface area contributed by atoms with Gasteiger partial charge in [-0.25, -0.2) is 10.2 Å². The maximum atomic E-state index is 11.9. The molecule has 1 aromatic heterocycles. The first-order valence-corrected chi connectivity index (χ1v) is 10.8. The maximum Gasteiger partial charge on any atom is 0.353 e. The molecule has 1 amide bonds. The molecule has 3 aromatic rings. The van der Waals surface area contributed by atoms with Gasteiger partial charge in [-0.15, -0.1) is 11.3 Å². The van der Waals surface area contributed by atoms with Crippen molar-refractivity contribution in [2.75, 3.05) is 6.61 Å². The minimum absolute atomic E-state index is 0.127. The maximum absolute atomic E-state index is 11.9. The molecule has 1 heterocycles. The zero-order chi connectivity index (χ0) is 22.1. The van der Waals surface area contributed by atoms with Crippen molar-refractivity contribution in [2.45, 2.75) is 26.2 Å². The molecule has 31 heavy (non-hydrogen) atoms. The van der Waals surface area contributed by atoms with E-state index in [0.717, 1.165) is 12.0 Å². The quantitative estimate of drug-likeness (QED) is 0.221. The van der Waals surface area contributed by atoms with Crippen molar-refractivity contribution in [3.8, 4) is 11.5 Å². The SMILES string of the molecule is CCC(C)c1ccc(OCC(=O)NN=Cc2ccc(OC(=O)c3cccs3)cc2)cc1. The van der Waals surface area contributed by atoms with Crippen LogP contribution in [0.5, 0.6) is 11.5 Å². The summed E-state index contributed by atoms with van der Waals surface area (Å²) in [5, 5.41) is 5.74. The molecular formula is C24H24N2O4S. The van der Waals surface area contributed by atoms with E-state index in [4.69, 9.17) is 9.47 Å². The number of nitrogens with one attached hydrogen (secondary N) is 1. The van der Waals surface area contributed by atoms with Gasteiger partial charge in [0.05, 0.1) is 6.21 Å². The fourth-order valence-corrected chi connectivity index (χ4v) is 3.26. The standard InChI is InChI=1S/C24H24N2O4S/c1-3-17(2)19-8-12-20(13-9-19)29-16-23(27)26-25-15-18-6-10-21(11-7-18)30-24(28)22-5-4-14-31-22/h4-15,17H,3,16H2,1-2H3,(H,26,27). The lowest BCUT2D eigenvalue weighted by molar-refractivity contribution is -0.123. The number of benzene rings is 2. The third-order valence-corrected chi connectivity index (χ3v) is 5.50. The fraction of sp³-hybridized carbons (Fsp3) is 0.208. The van der Waals surface area contributed by atoms with Crippen LogP contribution in [0.4, 0.5) is 0 Å². The van der Waals surface area contributed by atoms with Gasteiger partial charge in [-0.3, -0.25) is 4.79 Å². The van der Waals surface area contributed by atoms with Crippen LogP contribution in [0, 0.1) is 0 Å². The van der Waals surface area contributed by atoms with Gasteiger partial charge in [0.15, 0.2) is 6.61 Å². The molecule has 160 valence electrons. The van der Waals surface area contributed by atoms with Gasteiger partial charge in [-0.1, -0.05) is 32.0 Å². The molecule has 1 atom stereocenters. The summed E-state index contributed by atoms with van der Waals surface area (Å²) in [5.74, 6) is 0.821. The first-order chi connectivity index (χ1) is 15.0. The van der Waals surface area contributed by atoms with E-state index in [-0.39, 0.29) is 12.5 Å². The van der Waals surface area contributed by atoms with E-state index in [9.17, 15) is 9.59 Å². The third kappa shape index (κ3) is 6.79. The molecule has 1 N–H and O–H groups in total. The minimum Gasteiger partial charge on any atom is -0.484 e. The molecule has 0 spiro atoms. The second kappa shape index (κ2) is 11.1. The van der Waals surface area contributed by atoms with E-state index in [1.165, 1.54) is 23.1 Å². The number of carbonyl (C=O) groups is 2. The Kier molecular flexibility index (Phi) is 7.95. The Hall–Kier alpha value is -3.45. The molecule has 0 saturated heterocycles. The van der Waals surface area contributed by atoms with Gasteiger partial charge in [0.25, 0.3) is 5.91 Å². The van der Waals surface area contributed by atoms with Crippen molar-refractivity contribution in [1.82, 2.24) is 5.43 Å². The van der Waals surface area contributed by atoms with E-state index < -0.39 is 5.97 Å². The number of hydrazone groups is 1. The predicted molar refractivity (Wildman–Crippen MR) is 122 cm³/mol. The van der Waals surface area contributed by atoms with Crippen LogP contribution < -0.4 is 14.9 Å². The normalized spacial score (nSPS) is 11.8. The summed E-state index contributed by atoms with van der Waals surface area (Å²) in [4.78, 5) is 24.4. The van der Waals surface area contributed by atoms with E-state index in [0.29, 0.717) is 22.3 Å². The number of hydrogen-bond acceptors (Lipinski definition) is 6.